The van der Waals surface area contributed by atoms with E-state index in [-0.39, 0.29) is 22.7 Å². The fourth-order valence-electron chi connectivity index (χ4n) is 3.25. The van der Waals surface area contributed by atoms with E-state index in [0.29, 0.717) is 32.9 Å². The molecule has 0 fully saturated rings. The Kier molecular flexibility index (Phi) is 4.75. The zero-order valence-electron chi connectivity index (χ0n) is 16.1. The first-order valence-corrected chi connectivity index (χ1v) is 9.80. The molecule has 0 bridgehead atoms. The van der Waals surface area contributed by atoms with Crippen molar-refractivity contribution in [3.05, 3.63) is 74.3 Å². The molecular weight excluding hydrogens is 406 g/mol. The molecule has 0 saturated carbocycles. The molecule has 8 nitrogen and oxygen atoms in total. The van der Waals surface area contributed by atoms with Crippen LogP contribution in [0.5, 0.6) is 0 Å². The van der Waals surface area contributed by atoms with Gasteiger partial charge in [0.2, 0.25) is 5.76 Å². The van der Waals surface area contributed by atoms with Crippen molar-refractivity contribution in [2.45, 2.75) is 20.4 Å². The van der Waals surface area contributed by atoms with Crippen LogP contribution in [-0.4, -0.2) is 26.5 Å². The Labute approximate surface area is 174 Å². The molecule has 4 aromatic rings. The predicted octanol–water partition coefficient (Wildman–Crippen LogP) is 3.18. The summed E-state index contributed by atoms with van der Waals surface area (Å²) in [5, 5.41) is 9.41. The first-order chi connectivity index (χ1) is 14.3. The number of hydrogen-bond donors (Lipinski definition) is 2. The van der Waals surface area contributed by atoms with Crippen LogP contribution >= 0.6 is 11.3 Å². The van der Waals surface area contributed by atoms with Gasteiger partial charge in [-0.05, 0) is 31.5 Å². The van der Waals surface area contributed by atoms with Gasteiger partial charge < -0.3 is 15.3 Å². The highest BCUT2D eigenvalue weighted by molar-refractivity contribution is 7.20. The Morgan fingerprint density at radius 2 is 1.87 bits per heavy atom. The van der Waals surface area contributed by atoms with Crippen molar-refractivity contribution in [3.8, 4) is 11.4 Å². The largest absolute Gasteiger partial charge is 0.475 e. The molecule has 3 aromatic heterocycles. The zero-order valence-corrected chi connectivity index (χ0v) is 16.9. The number of aromatic carboxylic acids is 1. The Morgan fingerprint density at radius 3 is 2.47 bits per heavy atom. The summed E-state index contributed by atoms with van der Waals surface area (Å²) in [5.41, 5.74) is 7.33. The molecule has 3 N–H and O–H groups in total. The second-order valence-electron chi connectivity index (χ2n) is 6.86. The van der Waals surface area contributed by atoms with Crippen molar-refractivity contribution in [1.82, 2.24) is 9.55 Å². The number of carboxylic acid groups (broad SMARTS) is 1. The zero-order chi connectivity index (χ0) is 21.6. The number of aryl methyl sites for hydroxylation is 2. The molecule has 9 heteroatoms. The second-order valence-corrected chi connectivity index (χ2v) is 7.86. The highest BCUT2D eigenvalue weighted by Crippen LogP contribution is 2.29. The monoisotopic (exact) mass is 423 g/mol. The molecule has 0 atom stereocenters. The molecule has 30 heavy (non-hydrogen) atoms. The summed E-state index contributed by atoms with van der Waals surface area (Å²) >= 11 is 1.08. The lowest BCUT2D eigenvalue weighted by atomic mass is 10.1. The van der Waals surface area contributed by atoms with E-state index < -0.39 is 11.9 Å². The quantitative estimate of drug-likeness (QED) is 0.507. The van der Waals surface area contributed by atoms with Gasteiger partial charge in [0.1, 0.15) is 16.4 Å². The van der Waals surface area contributed by atoms with Gasteiger partial charge in [0, 0.05) is 5.56 Å². The Morgan fingerprint density at radius 1 is 1.17 bits per heavy atom. The van der Waals surface area contributed by atoms with Crippen LogP contribution in [-0.2, 0) is 6.54 Å². The lowest BCUT2D eigenvalue weighted by molar-refractivity contribution is 0.0660. The summed E-state index contributed by atoms with van der Waals surface area (Å²) in [6.45, 7) is 3.60. The third kappa shape index (κ3) is 3.29. The van der Waals surface area contributed by atoms with Crippen LogP contribution in [0.1, 0.15) is 37.1 Å². The number of nitrogens with zero attached hydrogens (tertiary/aromatic N) is 2. The number of aromatic nitrogens is 2. The van der Waals surface area contributed by atoms with E-state index in [9.17, 15) is 14.4 Å². The Hall–Kier alpha value is -3.72. The van der Waals surface area contributed by atoms with Crippen molar-refractivity contribution in [1.29, 1.82) is 0 Å². The SMILES string of the molecule is Cc1ccc(-c2nc3sc(C(N)=O)c(C)c3c(=O)n2Cc2ccc(C(=O)O)o2)cc1. The minimum absolute atomic E-state index is 0.0144. The molecule has 1 aromatic carbocycles. The minimum atomic E-state index is -1.19. The maximum atomic E-state index is 13.4. The molecule has 0 aliphatic carbocycles. The van der Waals surface area contributed by atoms with Crippen LogP contribution in [0.3, 0.4) is 0 Å². The van der Waals surface area contributed by atoms with E-state index in [1.807, 2.05) is 31.2 Å². The van der Waals surface area contributed by atoms with Gasteiger partial charge in [-0.3, -0.25) is 14.2 Å². The molecule has 0 radical (unpaired) electrons. The number of primary amides is 1. The van der Waals surface area contributed by atoms with Gasteiger partial charge in [-0.1, -0.05) is 29.8 Å². The van der Waals surface area contributed by atoms with Crippen molar-refractivity contribution >= 4 is 33.4 Å². The molecule has 152 valence electrons. The smallest absolute Gasteiger partial charge is 0.371 e. The molecule has 1 amide bonds. The van der Waals surface area contributed by atoms with Gasteiger partial charge in [-0.15, -0.1) is 11.3 Å². The van der Waals surface area contributed by atoms with Crippen LogP contribution in [0.4, 0.5) is 0 Å². The van der Waals surface area contributed by atoms with Gasteiger partial charge >= 0.3 is 5.97 Å². The van der Waals surface area contributed by atoms with Gasteiger partial charge in [-0.25, -0.2) is 9.78 Å². The standard InChI is InChI=1S/C21H17N3O5S/c1-10-3-5-12(6-4-10)18-23-19-15(11(2)16(30-19)17(22)25)20(26)24(18)9-13-7-8-14(29-13)21(27)28/h3-8H,9H2,1-2H3,(H2,22,25)(H,27,28). The van der Waals surface area contributed by atoms with E-state index in [0.717, 1.165) is 16.9 Å². The lowest BCUT2D eigenvalue weighted by Gasteiger charge is -2.12. The number of fused-ring (bicyclic) bond motifs is 1. The summed E-state index contributed by atoms with van der Waals surface area (Å²) in [5.74, 6) is -1.34. The van der Waals surface area contributed by atoms with Gasteiger partial charge in [0.15, 0.2) is 0 Å². The van der Waals surface area contributed by atoms with E-state index in [1.54, 1.807) is 6.92 Å². The third-order valence-electron chi connectivity index (χ3n) is 4.77. The fraction of sp³-hybridized carbons (Fsp3) is 0.143. The summed E-state index contributed by atoms with van der Waals surface area (Å²) in [4.78, 5) is 41.7. The highest BCUT2D eigenvalue weighted by Gasteiger charge is 2.22. The molecule has 0 aliphatic heterocycles. The maximum absolute atomic E-state index is 13.4. The molecule has 0 spiro atoms. The highest BCUT2D eigenvalue weighted by atomic mass is 32.1. The number of carbonyl (C=O) groups excluding carboxylic acids is 1. The number of rotatable bonds is 5. The molecule has 0 unspecified atom stereocenters. The minimum Gasteiger partial charge on any atom is -0.475 e. The number of benzene rings is 1. The summed E-state index contributed by atoms with van der Waals surface area (Å²) in [6, 6.07) is 10.3. The van der Waals surface area contributed by atoms with Crippen molar-refractivity contribution < 1.29 is 19.1 Å². The second kappa shape index (κ2) is 7.27. The average Bonchev–Trinajstić information content (AvgIpc) is 3.29. The van der Waals surface area contributed by atoms with Gasteiger partial charge in [0.25, 0.3) is 11.5 Å². The first-order valence-electron chi connectivity index (χ1n) is 8.99. The topological polar surface area (TPSA) is 128 Å². The van der Waals surface area contributed by atoms with Gasteiger partial charge in [0.05, 0.1) is 16.8 Å². The summed E-state index contributed by atoms with van der Waals surface area (Å²) < 4.78 is 6.76. The van der Waals surface area contributed by atoms with Crippen molar-refractivity contribution in [3.63, 3.8) is 0 Å². The van der Waals surface area contributed by atoms with Crippen LogP contribution in [0.2, 0.25) is 0 Å². The summed E-state index contributed by atoms with van der Waals surface area (Å²) in [6.07, 6.45) is 0. The number of furan rings is 1. The fourth-order valence-corrected chi connectivity index (χ4v) is 4.28. The van der Waals surface area contributed by atoms with E-state index in [4.69, 9.17) is 15.3 Å². The lowest BCUT2D eigenvalue weighted by Crippen LogP contribution is -2.24. The van der Waals surface area contributed by atoms with E-state index in [2.05, 4.69) is 4.98 Å². The molecule has 4 rings (SSSR count). The van der Waals surface area contributed by atoms with Crippen LogP contribution in [0, 0.1) is 13.8 Å². The molecule has 3 heterocycles. The predicted molar refractivity (Wildman–Crippen MR) is 112 cm³/mol. The van der Waals surface area contributed by atoms with Crippen LogP contribution < -0.4 is 11.3 Å². The van der Waals surface area contributed by atoms with Crippen LogP contribution in [0.25, 0.3) is 21.6 Å². The molecule has 0 saturated heterocycles. The van der Waals surface area contributed by atoms with Crippen molar-refractivity contribution in [2.24, 2.45) is 5.73 Å². The average molecular weight is 423 g/mol. The van der Waals surface area contributed by atoms with Crippen LogP contribution in [0.15, 0.2) is 45.6 Å². The molecule has 0 aliphatic rings. The molecular formula is C21H17N3O5S. The number of hydrogen-bond acceptors (Lipinski definition) is 6. The number of carboxylic acids is 1. The Balaban J connectivity index is 1.97. The number of nitrogens with two attached hydrogens (primary N) is 1. The first kappa shape index (κ1) is 19.6. The van der Waals surface area contributed by atoms with Crippen molar-refractivity contribution in [2.75, 3.05) is 0 Å². The summed E-state index contributed by atoms with van der Waals surface area (Å²) in [7, 11) is 0. The number of thiophene rings is 1. The van der Waals surface area contributed by atoms with Gasteiger partial charge in [-0.2, -0.15) is 0 Å². The number of amides is 1. The normalized spacial score (nSPS) is 11.1. The maximum Gasteiger partial charge on any atom is 0.371 e. The number of carbonyl (C=O) groups is 2. The van der Waals surface area contributed by atoms with E-state index >= 15 is 0 Å². The van der Waals surface area contributed by atoms with E-state index in [1.165, 1.54) is 16.7 Å². The Bertz CT molecular complexity index is 1360. The third-order valence-corrected chi connectivity index (χ3v) is 5.97.